The predicted octanol–water partition coefficient (Wildman–Crippen LogP) is 0.839. The molecule has 2 atom stereocenters. The topological polar surface area (TPSA) is 69.6 Å². The molecule has 0 heterocycles. The van der Waals surface area contributed by atoms with Crippen molar-refractivity contribution in [3.05, 3.63) is 0 Å². The van der Waals surface area contributed by atoms with E-state index in [0.717, 1.165) is 19.3 Å². The number of aliphatic carboxylic acids is 1. The van der Waals surface area contributed by atoms with E-state index in [9.17, 15) is 9.59 Å². The predicted molar refractivity (Wildman–Crippen MR) is 64.7 cm³/mol. The van der Waals surface area contributed by atoms with Gasteiger partial charge in [-0.1, -0.05) is 6.92 Å². The highest BCUT2D eigenvalue weighted by Gasteiger charge is 2.36. The molecular formula is C12H22N2O3. The number of carboxylic acids is 1. The average molecular weight is 242 g/mol. The van der Waals surface area contributed by atoms with E-state index in [4.69, 9.17) is 5.11 Å². The third kappa shape index (κ3) is 4.34. The fourth-order valence-electron chi connectivity index (χ4n) is 1.76. The van der Waals surface area contributed by atoms with Crippen LogP contribution in [0.3, 0.4) is 0 Å². The van der Waals surface area contributed by atoms with E-state index in [2.05, 4.69) is 5.32 Å². The van der Waals surface area contributed by atoms with Crippen LogP contribution in [0.4, 0.5) is 0 Å². The SMILES string of the molecule is CCC(C)NC(=O)C(C)N(CC(=O)O)C1CC1. The molecule has 0 bridgehead atoms. The zero-order chi connectivity index (χ0) is 13.0. The third-order valence-corrected chi connectivity index (χ3v) is 3.21. The first kappa shape index (κ1) is 14.0. The summed E-state index contributed by atoms with van der Waals surface area (Å²) in [5.74, 6) is -0.951. The smallest absolute Gasteiger partial charge is 0.317 e. The molecule has 0 aliphatic heterocycles. The molecule has 1 aliphatic carbocycles. The van der Waals surface area contributed by atoms with Crippen LogP contribution < -0.4 is 5.32 Å². The number of nitrogens with zero attached hydrogens (tertiary/aromatic N) is 1. The first-order valence-corrected chi connectivity index (χ1v) is 6.23. The molecule has 1 fully saturated rings. The summed E-state index contributed by atoms with van der Waals surface area (Å²) in [6.45, 7) is 5.67. The van der Waals surface area contributed by atoms with Crippen LogP contribution >= 0.6 is 0 Å². The monoisotopic (exact) mass is 242 g/mol. The molecule has 0 aromatic heterocycles. The molecule has 5 heteroatoms. The molecule has 5 nitrogen and oxygen atoms in total. The number of amides is 1. The Morgan fingerprint density at radius 2 is 2.00 bits per heavy atom. The van der Waals surface area contributed by atoms with Gasteiger partial charge in [0.05, 0.1) is 12.6 Å². The molecule has 2 N–H and O–H groups in total. The molecule has 1 aliphatic rings. The lowest BCUT2D eigenvalue weighted by Gasteiger charge is -2.27. The highest BCUT2D eigenvalue weighted by atomic mass is 16.4. The van der Waals surface area contributed by atoms with Gasteiger partial charge in [0.25, 0.3) is 0 Å². The maximum atomic E-state index is 11.9. The van der Waals surface area contributed by atoms with Crippen LogP contribution in [-0.4, -0.2) is 46.6 Å². The van der Waals surface area contributed by atoms with Gasteiger partial charge < -0.3 is 10.4 Å². The molecule has 1 amide bonds. The number of carboxylic acid groups (broad SMARTS) is 1. The van der Waals surface area contributed by atoms with Crippen LogP contribution in [0.15, 0.2) is 0 Å². The normalized spacial score (nSPS) is 18.8. The van der Waals surface area contributed by atoms with Gasteiger partial charge >= 0.3 is 5.97 Å². The van der Waals surface area contributed by atoms with Crippen molar-refractivity contribution < 1.29 is 14.7 Å². The number of carbonyl (C=O) groups is 2. The molecule has 0 saturated heterocycles. The lowest BCUT2D eigenvalue weighted by molar-refractivity contribution is -0.140. The molecule has 0 aromatic rings. The number of hydrogen-bond donors (Lipinski definition) is 2. The summed E-state index contributed by atoms with van der Waals surface area (Å²) in [5, 5.41) is 11.7. The Morgan fingerprint density at radius 1 is 1.41 bits per heavy atom. The van der Waals surface area contributed by atoms with E-state index in [1.807, 2.05) is 13.8 Å². The average Bonchev–Trinajstić information content (AvgIpc) is 3.08. The molecule has 0 spiro atoms. The van der Waals surface area contributed by atoms with Crippen molar-refractivity contribution in [2.45, 2.75) is 58.2 Å². The fourth-order valence-corrected chi connectivity index (χ4v) is 1.76. The number of hydrogen-bond acceptors (Lipinski definition) is 3. The summed E-state index contributed by atoms with van der Waals surface area (Å²) < 4.78 is 0. The van der Waals surface area contributed by atoms with Gasteiger partial charge in [0.15, 0.2) is 0 Å². The summed E-state index contributed by atoms with van der Waals surface area (Å²) in [5.41, 5.74) is 0. The third-order valence-electron chi connectivity index (χ3n) is 3.21. The maximum Gasteiger partial charge on any atom is 0.317 e. The van der Waals surface area contributed by atoms with E-state index in [1.165, 1.54) is 0 Å². The lowest BCUT2D eigenvalue weighted by atomic mass is 10.2. The summed E-state index contributed by atoms with van der Waals surface area (Å²) >= 11 is 0. The first-order chi connectivity index (χ1) is 7.95. The highest BCUT2D eigenvalue weighted by Crippen LogP contribution is 2.28. The van der Waals surface area contributed by atoms with Crippen LogP contribution in [0.1, 0.15) is 40.0 Å². The van der Waals surface area contributed by atoms with Gasteiger partial charge in [-0.2, -0.15) is 0 Å². The van der Waals surface area contributed by atoms with E-state index < -0.39 is 5.97 Å². The molecule has 1 rings (SSSR count). The minimum absolute atomic E-state index is 0.0558. The van der Waals surface area contributed by atoms with E-state index >= 15 is 0 Å². The second-order valence-corrected chi connectivity index (χ2v) is 4.79. The van der Waals surface area contributed by atoms with Crippen LogP contribution in [-0.2, 0) is 9.59 Å². The number of rotatable bonds is 7. The molecule has 98 valence electrons. The second-order valence-electron chi connectivity index (χ2n) is 4.79. The molecular weight excluding hydrogens is 220 g/mol. The molecule has 2 unspecified atom stereocenters. The minimum atomic E-state index is -0.875. The number of nitrogens with one attached hydrogen (secondary N) is 1. The van der Waals surface area contributed by atoms with Gasteiger partial charge in [0.2, 0.25) is 5.91 Å². The maximum absolute atomic E-state index is 11.9. The second kappa shape index (κ2) is 6.00. The summed E-state index contributed by atoms with van der Waals surface area (Å²) in [7, 11) is 0. The minimum Gasteiger partial charge on any atom is -0.480 e. The Balaban J connectivity index is 2.54. The zero-order valence-corrected chi connectivity index (χ0v) is 10.8. The molecule has 17 heavy (non-hydrogen) atoms. The van der Waals surface area contributed by atoms with Crippen LogP contribution in [0.5, 0.6) is 0 Å². The van der Waals surface area contributed by atoms with Gasteiger partial charge in [-0.15, -0.1) is 0 Å². The van der Waals surface area contributed by atoms with Crippen molar-refractivity contribution in [2.75, 3.05) is 6.54 Å². The van der Waals surface area contributed by atoms with Crippen molar-refractivity contribution in [1.29, 1.82) is 0 Å². The van der Waals surface area contributed by atoms with Crippen molar-refractivity contribution in [2.24, 2.45) is 0 Å². The van der Waals surface area contributed by atoms with Gasteiger partial charge in [-0.05, 0) is 33.1 Å². The van der Waals surface area contributed by atoms with Gasteiger partial charge in [-0.25, -0.2) is 0 Å². The summed E-state index contributed by atoms with van der Waals surface area (Å²) in [4.78, 5) is 24.5. The highest BCUT2D eigenvalue weighted by molar-refractivity contribution is 5.82. The van der Waals surface area contributed by atoms with Gasteiger partial charge in [-0.3, -0.25) is 14.5 Å². The summed E-state index contributed by atoms with van der Waals surface area (Å²) in [6, 6.07) is 0.0345. The van der Waals surface area contributed by atoms with E-state index in [1.54, 1.807) is 11.8 Å². The van der Waals surface area contributed by atoms with Crippen molar-refractivity contribution in [1.82, 2.24) is 10.2 Å². The zero-order valence-electron chi connectivity index (χ0n) is 10.8. The van der Waals surface area contributed by atoms with Crippen LogP contribution in [0, 0.1) is 0 Å². The number of carbonyl (C=O) groups excluding carboxylic acids is 1. The summed E-state index contributed by atoms with van der Waals surface area (Å²) in [6.07, 6.45) is 2.86. The van der Waals surface area contributed by atoms with Crippen LogP contribution in [0.25, 0.3) is 0 Å². The van der Waals surface area contributed by atoms with Crippen molar-refractivity contribution in [3.8, 4) is 0 Å². The van der Waals surface area contributed by atoms with Crippen molar-refractivity contribution in [3.63, 3.8) is 0 Å². The van der Waals surface area contributed by atoms with Gasteiger partial charge in [0.1, 0.15) is 0 Å². The lowest BCUT2D eigenvalue weighted by Crippen LogP contribution is -2.49. The Hall–Kier alpha value is -1.10. The standard InChI is InChI=1S/C12H22N2O3/c1-4-8(2)13-12(17)9(3)14(7-11(15)16)10-5-6-10/h8-10H,4-7H2,1-3H3,(H,13,17)(H,15,16). The Kier molecular flexibility index (Phi) is 4.93. The molecule has 1 saturated carbocycles. The van der Waals surface area contributed by atoms with E-state index in [0.29, 0.717) is 0 Å². The van der Waals surface area contributed by atoms with Crippen LogP contribution in [0.2, 0.25) is 0 Å². The van der Waals surface area contributed by atoms with Crippen molar-refractivity contribution >= 4 is 11.9 Å². The fraction of sp³-hybridized carbons (Fsp3) is 0.833. The molecule has 0 aromatic carbocycles. The molecule has 0 radical (unpaired) electrons. The quantitative estimate of drug-likeness (QED) is 0.694. The largest absolute Gasteiger partial charge is 0.480 e. The van der Waals surface area contributed by atoms with Gasteiger partial charge in [0, 0.05) is 12.1 Å². The first-order valence-electron chi connectivity index (χ1n) is 6.23. The Bertz CT molecular complexity index is 289. The van der Waals surface area contributed by atoms with E-state index in [-0.39, 0.29) is 30.6 Å². The Labute approximate surface area is 102 Å². The Morgan fingerprint density at radius 3 is 2.41 bits per heavy atom.